The molecule has 0 unspecified atom stereocenters. The average Bonchev–Trinajstić information content (AvgIpc) is 3.01. The van der Waals surface area contributed by atoms with Crippen LogP contribution in [0.4, 0.5) is 0 Å². The number of esters is 2. The van der Waals surface area contributed by atoms with E-state index in [1.807, 2.05) is 0 Å². The van der Waals surface area contributed by atoms with Crippen molar-refractivity contribution in [1.29, 1.82) is 0 Å². The van der Waals surface area contributed by atoms with Gasteiger partial charge in [0.1, 0.15) is 6.61 Å². The van der Waals surface area contributed by atoms with Crippen LogP contribution in [0.2, 0.25) is 0 Å². The number of nitrogens with zero attached hydrogens (tertiary/aromatic N) is 2. The molecule has 3 aromatic carbocycles. The minimum absolute atomic E-state index is 0.122. The number of phenols is 6. The van der Waals surface area contributed by atoms with Crippen molar-refractivity contribution >= 4 is 30.2 Å². The number of aromatic nitrogens is 2. The van der Waals surface area contributed by atoms with Gasteiger partial charge in [-0.25, -0.2) is 9.59 Å². The molecule has 12 nitrogen and oxygen atoms in total. The van der Waals surface area contributed by atoms with Crippen LogP contribution >= 0.6 is 0 Å². The Bertz CT molecular complexity index is 1850. The summed E-state index contributed by atoms with van der Waals surface area (Å²) in [6.45, 7) is 5.07. The molecule has 0 aliphatic heterocycles. The predicted octanol–water partition coefficient (Wildman–Crippen LogP) is 4.72. The van der Waals surface area contributed by atoms with E-state index in [1.54, 1.807) is 20.8 Å². The number of benzene rings is 3. The number of rotatable bonds is 10. The van der Waals surface area contributed by atoms with Crippen LogP contribution in [0, 0.1) is 20.8 Å². The number of aryl methyl sites for hydroxylation is 3. The van der Waals surface area contributed by atoms with Crippen molar-refractivity contribution in [1.82, 2.24) is 9.97 Å². The highest BCUT2D eigenvalue weighted by Crippen LogP contribution is 2.34. The van der Waals surface area contributed by atoms with E-state index in [0.717, 1.165) is 11.8 Å². The minimum atomic E-state index is -1.46. The Morgan fingerprint density at radius 3 is 2.09 bits per heavy atom. The summed E-state index contributed by atoms with van der Waals surface area (Å²) in [5.74, 6) is -4.18. The van der Waals surface area contributed by atoms with Crippen LogP contribution in [-0.4, -0.2) is 58.6 Å². The molecule has 46 heavy (non-hydrogen) atoms. The van der Waals surface area contributed by atoms with Crippen LogP contribution in [0.15, 0.2) is 54.6 Å². The van der Waals surface area contributed by atoms with E-state index in [1.165, 1.54) is 66.8 Å². The van der Waals surface area contributed by atoms with Crippen LogP contribution in [0.3, 0.4) is 0 Å². The van der Waals surface area contributed by atoms with Crippen LogP contribution in [0.1, 0.15) is 45.0 Å². The van der Waals surface area contributed by atoms with Crippen molar-refractivity contribution in [2.75, 3.05) is 0 Å². The quantitative estimate of drug-likeness (QED) is 0.0612. The lowest BCUT2D eigenvalue weighted by atomic mass is 10.0. The van der Waals surface area contributed by atoms with Crippen molar-refractivity contribution in [3.05, 3.63) is 99.6 Å². The summed E-state index contributed by atoms with van der Waals surface area (Å²) < 4.78 is 10.9. The zero-order valence-corrected chi connectivity index (χ0v) is 25.1. The molecule has 0 aliphatic rings. The van der Waals surface area contributed by atoms with Gasteiger partial charge in [0.2, 0.25) is 6.10 Å². The summed E-state index contributed by atoms with van der Waals surface area (Å²) in [6, 6.07) is 10.6. The Morgan fingerprint density at radius 2 is 1.39 bits per heavy atom. The fraction of sp³-hybridized carbons (Fsp3) is 0.176. The Hall–Kier alpha value is -6.04. The first-order valence-corrected chi connectivity index (χ1v) is 13.9. The lowest BCUT2D eigenvalue weighted by Crippen LogP contribution is -2.31. The molecule has 0 saturated heterocycles. The van der Waals surface area contributed by atoms with Gasteiger partial charge >= 0.3 is 11.9 Å². The topological polar surface area (TPSA) is 200 Å². The van der Waals surface area contributed by atoms with Crippen molar-refractivity contribution in [3.63, 3.8) is 0 Å². The maximum atomic E-state index is 13.2. The number of carbonyl (C=O) groups excluding carboxylic acids is 2. The number of ether oxygens (including phenoxy) is 2. The number of aromatic hydroxyl groups is 6. The van der Waals surface area contributed by atoms with E-state index in [9.17, 15) is 40.2 Å². The van der Waals surface area contributed by atoms with Gasteiger partial charge in [0.25, 0.3) is 0 Å². The Balaban J connectivity index is 1.56. The molecule has 0 radical (unpaired) electrons. The molecule has 0 fully saturated rings. The summed E-state index contributed by atoms with van der Waals surface area (Å²) in [6.07, 6.45) is 3.60. The first kappa shape index (κ1) is 32.9. The molecule has 0 bridgehead atoms. The zero-order chi connectivity index (χ0) is 33.5. The molecular weight excluding hydrogens is 596 g/mol. The van der Waals surface area contributed by atoms with E-state index in [0.29, 0.717) is 28.2 Å². The normalized spacial score (nSPS) is 12.0. The second-order valence-corrected chi connectivity index (χ2v) is 10.3. The molecule has 0 amide bonds. The number of hydrogen-bond donors (Lipinski definition) is 6. The summed E-state index contributed by atoms with van der Waals surface area (Å²) >= 11 is 0. The third-order valence-electron chi connectivity index (χ3n) is 6.98. The SMILES string of the molecule is Cc1nc(C)c(COC(=O)[C@@H](Cc2ccc(O)c(O)c2)OC(=O)/C=C/c2ccc(O)c(O)c2/C=C/c2ccc(O)c(O)c2)nc1C. The molecule has 1 aromatic heterocycles. The molecule has 6 N–H and O–H groups in total. The second-order valence-electron chi connectivity index (χ2n) is 10.3. The van der Waals surface area contributed by atoms with Gasteiger partial charge in [0.15, 0.2) is 34.5 Å². The van der Waals surface area contributed by atoms with Crippen LogP contribution < -0.4 is 0 Å². The highest BCUT2D eigenvalue weighted by Gasteiger charge is 2.26. The fourth-order valence-corrected chi connectivity index (χ4v) is 4.31. The predicted molar refractivity (Wildman–Crippen MR) is 167 cm³/mol. The molecule has 4 rings (SSSR count). The lowest BCUT2D eigenvalue weighted by Gasteiger charge is -2.17. The van der Waals surface area contributed by atoms with Gasteiger partial charge in [0.05, 0.1) is 22.8 Å². The van der Waals surface area contributed by atoms with Crippen molar-refractivity contribution in [3.8, 4) is 34.5 Å². The van der Waals surface area contributed by atoms with Crippen LogP contribution in [-0.2, 0) is 32.1 Å². The largest absolute Gasteiger partial charge is 0.504 e. The number of carbonyl (C=O) groups is 2. The second kappa shape index (κ2) is 14.2. The van der Waals surface area contributed by atoms with Crippen LogP contribution in [0.5, 0.6) is 34.5 Å². The molecule has 1 heterocycles. The summed E-state index contributed by atoms with van der Waals surface area (Å²) in [4.78, 5) is 34.9. The molecule has 238 valence electrons. The van der Waals surface area contributed by atoms with Crippen molar-refractivity contribution in [2.45, 2.75) is 39.9 Å². The van der Waals surface area contributed by atoms with E-state index >= 15 is 0 Å². The third kappa shape index (κ3) is 8.11. The minimum Gasteiger partial charge on any atom is -0.504 e. The summed E-state index contributed by atoms with van der Waals surface area (Å²) in [7, 11) is 0. The average molecular weight is 629 g/mol. The van der Waals surface area contributed by atoms with Gasteiger partial charge in [-0.3, -0.25) is 9.97 Å². The maximum Gasteiger partial charge on any atom is 0.348 e. The molecule has 1 atom stereocenters. The molecule has 0 saturated carbocycles. The highest BCUT2D eigenvalue weighted by molar-refractivity contribution is 5.91. The van der Waals surface area contributed by atoms with Crippen molar-refractivity contribution in [2.24, 2.45) is 0 Å². The van der Waals surface area contributed by atoms with Gasteiger partial charge in [-0.1, -0.05) is 24.3 Å². The smallest absolute Gasteiger partial charge is 0.348 e. The van der Waals surface area contributed by atoms with E-state index in [-0.39, 0.29) is 41.4 Å². The lowest BCUT2D eigenvalue weighted by molar-refractivity contribution is -0.166. The third-order valence-corrected chi connectivity index (χ3v) is 6.98. The van der Waals surface area contributed by atoms with Gasteiger partial charge in [0, 0.05) is 18.1 Å². The fourth-order valence-electron chi connectivity index (χ4n) is 4.31. The molecule has 0 spiro atoms. The monoisotopic (exact) mass is 628 g/mol. The molecule has 0 aliphatic carbocycles. The maximum absolute atomic E-state index is 13.2. The van der Waals surface area contributed by atoms with Gasteiger partial charge in [-0.15, -0.1) is 0 Å². The van der Waals surface area contributed by atoms with Crippen LogP contribution in [0.25, 0.3) is 18.2 Å². The van der Waals surface area contributed by atoms with Crippen molar-refractivity contribution < 1.29 is 49.7 Å². The van der Waals surface area contributed by atoms with Gasteiger partial charge in [-0.2, -0.15) is 0 Å². The first-order valence-electron chi connectivity index (χ1n) is 13.9. The highest BCUT2D eigenvalue weighted by atomic mass is 16.6. The first-order chi connectivity index (χ1) is 21.8. The molecular formula is C34H32N2O10. The molecule has 4 aromatic rings. The Labute approximate surface area is 263 Å². The van der Waals surface area contributed by atoms with E-state index in [4.69, 9.17) is 9.47 Å². The Morgan fingerprint density at radius 1 is 0.739 bits per heavy atom. The molecule has 12 heteroatoms. The standard InChI is InChI=1S/C34H32N2O10/c1-18-19(2)36-25(20(3)35-18)17-45-34(44)31(16-22-6-11-27(38)30(41)15-22)46-32(42)13-8-23-7-12-28(39)33(43)24(23)9-4-21-5-10-26(37)29(40)14-21/h4-15,31,37-41,43H,16-17H2,1-3H3/b9-4+,13-8+/t31-/m1/s1. The summed E-state index contributed by atoms with van der Waals surface area (Å²) in [5.41, 5.74) is 3.65. The number of hydrogen-bond acceptors (Lipinski definition) is 12. The summed E-state index contributed by atoms with van der Waals surface area (Å²) in [5, 5.41) is 59.4. The van der Waals surface area contributed by atoms with E-state index in [2.05, 4.69) is 9.97 Å². The zero-order valence-electron chi connectivity index (χ0n) is 25.1. The van der Waals surface area contributed by atoms with Gasteiger partial charge < -0.3 is 40.1 Å². The number of phenolic OH excluding ortho intramolecular Hbond substituents is 6. The van der Waals surface area contributed by atoms with Gasteiger partial charge in [-0.05, 0) is 79.9 Å². The Kier molecular flexibility index (Phi) is 10.1. The van der Waals surface area contributed by atoms with E-state index < -0.39 is 35.3 Å².